The summed E-state index contributed by atoms with van der Waals surface area (Å²) < 4.78 is 0. The number of rotatable bonds is 2. The van der Waals surface area contributed by atoms with Crippen molar-refractivity contribution < 1.29 is 9.90 Å². The van der Waals surface area contributed by atoms with E-state index in [-0.39, 0.29) is 10.5 Å². The van der Waals surface area contributed by atoms with E-state index in [1.165, 1.54) is 43.4 Å². The summed E-state index contributed by atoms with van der Waals surface area (Å²) in [6, 6.07) is 0. The second-order valence-electron chi connectivity index (χ2n) is 5.34. The van der Waals surface area contributed by atoms with E-state index in [1.807, 2.05) is 0 Å². The highest BCUT2D eigenvalue weighted by Gasteiger charge is 2.18. The number of aliphatic carboxylic acids is 1. The highest BCUT2D eigenvalue weighted by molar-refractivity contribution is 8.20. The van der Waals surface area contributed by atoms with Crippen molar-refractivity contribution in [3.8, 4) is 0 Å². The molecule has 4 heteroatoms. The maximum atomic E-state index is 11.5. The van der Waals surface area contributed by atoms with Crippen LogP contribution in [0.2, 0.25) is 0 Å². The summed E-state index contributed by atoms with van der Waals surface area (Å²) in [5, 5.41) is 12.7. The molecule has 0 aromatic rings. The second kappa shape index (κ2) is 7.85. The van der Waals surface area contributed by atoms with Gasteiger partial charge in [0.05, 0.1) is 0 Å². The van der Waals surface area contributed by atoms with Crippen LogP contribution in [0.4, 0.5) is 0 Å². The Morgan fingerprint density at radius 1 is 1.11 bits per heavy atom. The van der Waals surface area contributed by atoms with Gasteiger partial charge in [-0.1, -0.05) is 25.3 Å². The normalized spacial score (nSPS) is 31.3. The van der Waals surface area contributed by atoms with Crippen molar-refractivity contribution in [1.82, 2.24) is 5.32 Å². The van der Waals surface area contributed by atoms with E-state index in [4.69, 9.17) is 0 Å². The van der Waals surface area contributed by atoms with Crippen molar-refractivity contribution in [2.75, 3.05) is 12.3 Å². The van der Waals surface area contributed by atoms with Gasteiger partial charge >= 0.3 is 5.97 Å². The van der Waals surface area contributed by atoms with Gasteiger partial charge in [-0.25, -0.2) is 4.79 Å². The molecule has 0 amide bonds. The zero-order chi connectivity index (χ0) is 13.5. The maximum Gasteiger partial charge on any atom is 0.352 e. The van der Waals surface area contributed by atoms with Gasteiger partial charge in [-0.15, -0.1) is 10.5 Å². The summed E-state index contributed by atoms with van der Waals surface area (Å²) in [7, 11) is -0.179. The van der Waals surface area contributed by atoms with Crippen LogP contribution in [0.1, 0.15) is 57.8 Å². The van der Waals surface area contributed by atoms with Gasteiger partial charge in [0.2, 0.25) is 0 Å². The first kappa shape index (κ1) is 14.8. The van der Waals surface area contributed by atoms with Gasteiger partial charge in [0.1, 0.15) is 4.99 Å². The lowest BCUT2D eigenvalue weighted by Crippen LogP contribution is -2.33. The van der Waals surface area contributed by atoms with E-state index in [0.29, 0.717) is 4.99 Å². The fraction of sp³-hybridized carbons (Fsp3) is 0.733. The third-order valence-corrected chi connectivity index (χ3v) is 6.33. The molecule has 0 saturated heterocycles. The van der Waals surface area contributed by atoms with Crippen LogP contribution in [-0.2, 0) is 4.79 Å². The van der Waals surface area contributed by atoms with Crippen molar-refractivity contribution >= 4 is 21.4 Å². The maximum absolute atomic E-state index is 11.5. The molecule has 0 spiro atoms. The molecule has 0 saturated carbocycles. The largest absolute Gasteiger partial charge is 0.477 e. The summed E-state index contributed by atoms with van der Waals surface area (Å²) in [4.78, 5) is 13.5. The van der Waals surface area contributed by atoms with Crippen LogP contribution >= 0.6 is 10.5 Å². The summed E-state index contributed by atoms with van der Waals surface area (Å²) in [5.41, 5.74) is 0. The quantitative estimate of drug-likeness (QED) is 0.763. The summed E-state index contributed by atoms with van der Waals surface area (Å²) in [5.74, 6) is 0.286. The number of nitrogens with one attached hydrogen (secondary N) is 1. The van der Waals surface area contributed by atoms with Crippen LogP contribution in [0.3, 0.4) is 0 Å². The molecular formula is C15H25NO2S. The molecule has 0 fully saturated rings. The first-order valence-corrected chi connectivity index (χ1v) is 8.92. The molecule has 2 rings (SSSR count). The van der Waals surface area contributed by atoms with Crippen molar-refractivity contribution in [1.29, 1.82) is 0 Å². The van der Waals surface area contributed by atoms with Gasteiger partial charge in [0.15, 0.2) is 0 Å². The summed E-state index contributed by atoms with van der Waals surface area (Å²) >= 11 is 0. The van der Waals surface area contributed by atoms with Gasteiger partial charge in [-0.2, -0.15) is 0 Å². The van der Waals surface area contributed by atoms with Crippen LogP contribution in [0, 0.1) is 0 Å². The van der Waals surface area contributed by atoms with Gasteiger partial charge in [-0.3, -0.25) is 5.32 Å². The number of carboxylic acid groups (broad SMARTS) is 1. The summed E-state index contributed by atoms with van der Waals surface area (Å²) in [6.07, 6.45) is 13.2. The number of hydrogen-bond acceptors (Lipinski definition) is 2. The third-order valence-electron chi connectivity index (χ3n) is 3.82. The zero-order valence-electron chi connectivity index (χ0n) is 11.6. The fourth-order valence-electron chi connectivity index (χ4n) is 2.77. The van der Waals surface area contributed by atoms with Crippen LogP contribution in [0.15, 0.2) is 11.0 Å². The molecule has 0 radical (unpaired) electrons. The van der Waals surface area contributed by atoms with Crippen LogP contribution in [-0.4, -0.2) is 28.4 Å². The molecule has 1 heterocycles. The minimum absolute atomic E-state index is 0.179. The second-order valence-corrected chi connectivity index (χ2v) is 7.46. The molecule has 0 bridgehead atoms. The van der Waals surface area contributed by atoms with E-state index in [0.717, 1.165) is 31.6 Å². The fourth-order valence-corrected chi connectivity index (χ4v) is 5.19. The molecule has 1 aliphatic heterocycles. The Labute approximate surface area is 118 Å². The Kier molecular flexibility index (Phi) is 6.11. The molecule has 1 unspecified atom stereocenters. The highest BCUT2D eigenvalue weighted by atomic mass is 32.2. The Hall–Kier alpha value is -0.610. The first-order chi connectivity index (χ1) is 9.29. The van der Waals surface area contributed by atoms with Crippen molar-refractivity contribution in [2.24, 2.45) is 0 Å². The Balaban J connectivity index is 2.27. The van der Waals surface area contributed by atoms with Crippen molar-refractivity contribution in [3.05, 3.63) is 11.0 Å². The van der Waals surface area contributed by atoms with Crippen LogP contribution < -0.4 is 5.32 Å². The smallest absolute Gasteiger partial charge is 0.352 e. The standard InChI is InChI=1S/C15H25NO2S/c17-15(18)14-16-11-7-4-8-12-19(14)13-9-5-2-1-3-6-10-13/h9,16H,1-8,10-12H2,(H,17,18)/b13-9+. The Bertz CT molecular complexity index is 388. The molecule has 3 nitrogen and oxygen atoms in total. The molecule has 2 aliphatic rings. The zero-order valence-corrected chi connectivity index (χ0v) is 12.4. The van der Waals surface area contributed by atoms with Crippen molar-refractivity contribution in [3.63, 3.8) is 0 Å². The monoisotopic (exact) mass is 283 g/mol. The Morgan fingerprint density at radius 3 is 2.74 bits per heavy atom. The predicted octanol–water partition coefficient (Wildman–Crippen LogP) is 3.48. The number of allylic oxidation sites excluding steroid dienone is 2. The molecule has 0 aromatic heterocycles. The SMILES string of the molecule is O=C(O)/C1=S(\C2=C\CCCCCC2)CCCCCN1. The first-order valence-electron chi connectivity index (χ1n) is 7.53. The molecule has 108 valence electrons. The number of carbonyl (C=O) groups is 1. The van der Waals surface area contributed by atoms with E-state index in [9.17, 15) is 9.90 Å². The van der Waals surface area contributed by atoms with E-state index in [1.54, 1.807) is 0 Å². The molecule has 19 heavy (non-hydrogen) atoms. The topological polar surface area (TPSA) is 49.3 Å². The lowest BCUT2D eigenvalue weighted by molar-refractivity contribution is -0.129. The Morgan fingerprint density at radius 2 is 1.89 bits per heavy atom. The van der Waals surface area contributed by atoms with Crippen LogP contribution in [0.5, 0.6) is 0 Å². The van der Waals surface area contributed by atoms with Crippen molar-refractivity contribution in [2.45, 2.75) is 57.8 Å². The van der Waals surface area contributed by atoms with Gasteiger partial charge < -0.3 is 5.11 Å². The van der Waals surface area contributed by atoms with Gasteiger partial charge in [0.25, 0.3) is 0 Å². The predicted molar refractivity (Wildman–Crippen MR) is 82.7 cm³/mol. The van der Waals surface area contributed by atoms with Gasteiger partial charge in [-0.05, 0) is 49.2 Å². The molecule has 0 aromatic carbocycles. The molecule has 1 aliphatic carbocycles. The van der Waals surface area contributed by atoms with E-state index >= 15 is 0 Å². The minimum atomic E-state index is -0.742. The highest BCUT2D eigenvalue weighted by Crippen LogP contribution is 2.35. The van der Waals surface area contributed by atoms with E-state index in [2.05, 4.69) is 11.4 Å². The lowest BCUT2D eigenvalue weighted by Gasteiger charge is -2.22. The molecule has 1 atom stereocenters. The summed E-state index contributed by atoms with van der Waals surface area (Å²) in [6.45, 7) is 0.818. The lowest BCUT2D eigenvalue weighted by atomic mass is 10.1. The van der Waals surface area contributed by atoms with Crippen LogP contribution in [0.25, 0.3) is 0 Å². The van der Waals surface area contributed by atoms with Gasteiger partial charge in [0, 0.05) is 6.54 Å². The molecule has 2 N–H and O–H groups in total. The average molecular weight is 283 g/mol. The average Bonchev–Trinajstić information content (AvgIpc) is 2.29. The number of carboxylic acids is 1. The van der Waals surface area contributed by atoms with E-state index < -0.39 is 5.97 Å². The minimum Gasteiger partial charge on any atom is -0.477 e. The third kappa shape index (κ3) is 4.46. The number of hydrogen-bond donors (Lipinski definition) is 2. The molecular weight excluding hydrogens is 258 g/mol.